The van der Waals surface area contributed by atoms with E-state index < -0.39 is 6.04 Å². The number of nitrogens with zero attached hydrogens (tertiary/aromatic N) is 1. The van der Waals surface area contributed by atoms with Gasteiger partial charge in [-0.25, -0.2) is 0 Å². The van der Waals surface area contributed by atoms with E-state index in [2.05, 4.69) is 5.32 Å². The number of rotatable bonds is 8. The summed E-state index contributed by atoms with van der Waals surface area (Å²) in [6.45, 7) is 4.53. The van der Waals surface area contributed by atoms with Crippen molar-refractivity contribution in [3.63, 3.8) is 0 Å². The SMILES string of the molecule is COc1ccccc1OCC(=O)N[C@H](CC(C)C)C(=O)N1CCc2ccccc21. The lowest BCUT2D eigenvalue weighted by molar-refractivity contribution is -0.129. The van der Waals surface area contributed by atoms with Crippen LogP contribution in [-0.4, -0.2) is 38.1 Å². The van der Waals surface area contributed by atoms with Gasteiger partial charge in [0.05, 0.1) is 7.11 Å². The zero-order chi connectivity index (χ0) is 20.8. The minimum absolute atomic E-state index is 0.0747. The number of carbonyl (C=O) groups is 2. The van der Waals surface area contributed by atoms with E-state index >= 15 is 0 Å². The number of benzene rings is 2. The van der Waals surface area contributed by atoms with Gasteiger partial charge < -0.3 is 19.7 Å². The third-order valence-corrected chi connectivity index (χ3v) is 4.92. The molecule has 0 aliphatic carbocycles. The van der Waals surface area contributed by atoms with E-state index in [-0.39, 0.29) is 24.3 Å². The molecule has 29 heavy (non-hydrogen) atoms. The van der Waals surface area contributed by atoms with Crippen molar-refractivity contribution in [3.05, 3.63) is 54.1 Å². The molecular formula is C23H28N2O4. The molecule has 154 valence electrons. The van der Waals surface area contributed by atoms with Crippen molar-refractivity contribution in [2.75, 3.05) is 25.2 Å². The number of hydrogen-bond donors (Lipinski definition) is 1. The molecule has 6 heteroatoms. The van der Waals surface area contributed by atoms with E-state index in [0.717, 1.165) is 17.7 Å². The van der Waals surface area contributed by atoms with Gasteiger partial charge in [0.25, 0.3) is 5.91 Å². The normalized spacial score (nSPS) is 13.7. The van der Waals surface area contributed by atoms with Crippen LogP contribution in [0.25, 0.3) is 0 Å². The Bertz CT molecular complexity index is 865. The number of anilines is 1. The summed E-state index contributed by atoms with van der Waals surface area (Å²) in [7, 11) is 1.55. The van der Waals surface area contributed by atoms with Crippen LogP contribution in [0.5, 0.6) is 11.5 Å². The second-order valence-corrected chi connectivity index (χ2v) is 7.56. The Morgan fingerprint density at radius 2 is 1.76 bits per heavy atom. The van der Waals surface area contributed by atoms with Gasteiger partial charge in [-0.3, -0.25) is 9.59 Å². The van der Waals surface area contributed by atoms with Crippen LogP contribution in [0.1, 0.15) is 25.8 Å². The van der Waals surface area contributed by atoms with Crippen molar-refractivity contribution in [3.8, 4) is 11.5 Å². The Labute approximate surface area is 171 Å². The number of amides is 2. The third-order valence-electron chi connectivity index (χ3n) is 4.92. The lowest BCUT2D eigenvalue weighted by Crippen LogP contribution is -2.50. The number of ether oxygens (including phenoxy) is 2. The smallest absolute Gasteiger partial charge is 0.258 e. The molecule has 0 radical (unpaired) electrons. The summed E-state index contributed by atoms with van der Waals surface area (Å²) < 4.78 is 10.8. The zero-order valence-electron chi connectivity index (χ0n) is 17.2. The number of carbonyl (C=O) groups excluding carboxylic acids is 2. The monoisotopic (exact) mass is 396 g/mol. The average molecular weight is 396 g/mol. The second-order valence-electron chi connectivity index (χ2n) is 7.56. The van der Waals surface area contributed by atoms with Gasteiger partial charge in [-0.15, -0.1) is 0 Å². The standard InChI is InChI=1S/C23H28N2O4/c1-16(2)14-18(23(27)25-13-12-17-8-4-5-9-19(17)25)24-22(26)15-29-21-11-7-6-10-20(21)28-3/h4-11,16,18H,12-15H2,1-3H3,(H,24,26)/t18-/m1/s1. The predicted molar refractivity (Wildman–Crippen MR) is 112 cm³/mol. The van der Waals surface area contributed by atoms with Gasteiger partial charge in [0.15, 0.2) is 18.1 Å². The first-order valence-corrected chi connectivity index (χ1v) is 9.94. The second kappa shape index (κ2) is 9.45. The van der Waals surface area contributed by atoms with Crippen molar-refractivity contribution in [1.29, 1.82) is 0 Å². The van der Waals surface area contributed by atoms with Crippen molar-refractivity contribution in [2.24, 2.45) is 5.92 Å². The fourth-order valence-corrected chi connectivity index (χ4v) is 3.57. The number of methoxy groups -OCH3 is 1. The molecule has 2 aromatic carbocycles. The predicted octanol–water partition coefficient (Wildman–Crippen LogP) is 3.19. The van der Waals surface area contributed by atoms with Gasteiger partial charge in [0.1, 0.15) is 6.04 Å². The van der Waals surface area contributed by atoms with Crippen molar-refractivity contribution in [1.82, 2.24) is 5.32 Å². The molecule has 6 nitrogen and oxygen atoms in total. The molecule has 0 bridgehead atoms. The molecule has 0 spiro atoms. The Kier molecular flexibility index (Phi) is 6.75. The minimum Gasteiger partial charge on any atom is -0.493 e. The van der Waals surface area contributed by atoms with Gasteiger partial charge in [0.2, 0.25) is 5.91 Å². The van der Waals surface area contributed by atoms with E-state index in [1.54, 1.807) is 24.1 Å². The molecule has 0 saturated carbocycles. The van der Waals surface area contributed by atoms with Crippen LogP contribution in [0.2, 0.25) is 0 Å². The minimum atomic E-state index is -0.588. The molecule has 0 fully saturated rings. The van der Waals surface area contributed by atoms with Crippen LogP contribution in [0.15, 0.2) is 48.5 Å². The molecule has 2 aromatic rings. The van der Waals surface area contributed by atoms with Crippen molar-refractivity contribution in [2.45, 2.75) is 32.7 Å². The first-order valence-electron chi connectivity index (χ1n) is 9.94. The molecule has 1 aliphatic heterocycles. The fraction of sp³-hybridized carbons (Fsp3) is 0.391. The highest BCUT2D eigenvalue weighted by molar-refractivity contribution is 6.00. The van der Waals surface area contributed by atoms with E-state index in [0.29, 0.717) is 24.5 Å². The third kappa shape index (κ3) is 5.08. The van der Waals surface area contributed by atoms with E-state index in [4.69, 9.17) is 9.47 Å². The van der Waals surface area contributed by atoms with Gasteiger partial charge >= 0.3 is 0 Å². The molecular weight excluding hydrogens is 368 g/mol. The fourth-order valence-electron chi connectivity index (χ4n) is 3.57. The highest BCUT2D eigenvalue weighted by Crippen LogP contribution is 2.29. The summed E-state index contributed by atoms with van der Waals surface area (Å²) in [5.74, 6) is 0.906. The molecule has 3 rings (SSSR count). The van der Waals surface area contributed by atoms with E-state index in [1.165, 1.54) is 0 Å². The molecule has 1 aliphatic rings. The van der Waals surface area contributed by atoms with Crippen LogP contribution in [0.3, 0.4) is 0 Å². The van der Waals surface area contributed by atoms with Crippen LogP contribution < -0.4 is 19.7 Å². The summed E-state index contributed by atoms with van der Waals surface area (Å²) in [6.07, 6.45) is 1.40. The van der Waals surface area contributed by atoms with Gasteiger partial charge in [0, 0.05) is 12.2 Å². The molecule has 1 atom stereocenters. The molecule has 1 N–H and O–H groups in total. The summed E-state index contributed by atoms with van der Waals surface area (Å²) in [5.41, 5.74) is 2.10. The number of fused-ring (bicyclic) bond motifs is 1. The Balaban J connectivity index is 1.66. The summed E-state index contributed by atoms with van der Waals surface area (Å²) in [4.78, 5) is 27.5. The molecule has 2 amide bonds. The summed E-state index contributed by atoms with van der Waals surface area (Å²) in [6, 6.07) is 14.5. The highest BCUT2D eigenvalue weighted by atomic mass is 16.5. The number of para-hydroxylation sites is 3. The Morgan fingerprint density at radius 1 is 1.07 bits per heavy atom. The maximum atomic E-state index is 13.2. The van der Waals surface area contributed by atoms with Crippen LogP contribution >= 0.6 is 0 Å². The van der Waals surface area contributed by atoms with Crippen LogP contribution in [-0.2, 0) is 16.0 Å². The first-order chi connectivity index (χ1) is 14.0. The molecule has 0 unspecified atom stereocenters. The van der Waals surface area contributed by atoms with Crippen LogP contribution in [0, 0.1) is 5.92 Å². The number of nitrogens with one attached hydrogen (secondary N) is 1. The van der Waals surface area contributed by atoms with E-state index in [1.807, 2.05) is 50.2 Å². The Morgan fingerprint density at radius 3 is 2.48 bits per heavy atom. The topological polar surface area (TPSA) is 67.9 Å². The number of hydrogen-bond acceptors (Lipinski definition) is 4. The lowest BCUT2D eigenvalue weighted by Gasteiger charge is -2.26. The lowest BCUT2D eigenvalue weighted by atomic mass is 10.0. The summed E-state index contributed by atoms with van der Waals surface area (Å²) in [5, 5.41) is 2.87. The zero-order valence-corrected chi connectivity index (χ0v) is 17.2. The highest BCUT2D eigenvalue weighted by Gasteiger charge is 2.31. The van der Waals surface area contributed by atoms with Gasteiger partial charge in [-0.05, 0) is 42.5 Å². The van der Waals surface area contributed by atoms with Crippen molar-refractivity contribution >= 4 is 17.5 Å². The quantitative estimate of drug-likeness (QED) is 0.744. The molecule has 0 saturated heterocycles. The maximum Gasteiger partial charge on any atom is 0.258 e. The Hall–Kier alpha value is -3.02. The van der Waals surface area contributed by atoms with Crippen molar-refractivity contribution < 1.29 is 19.1 Å². The maximum absolute atomic E-state index is 13.2. The van der Waals surface area contributed by atoms with Gasteiger partial charge in [-0.1, -0.05) is 44.2 Å². The van der Waals surface area contributed by atoms with Crippen LogP contribution in [0.4, 0.5) is 5.69 Å². The largest absolute Gasteiger partial charge is 0.493 e. The first kappa shape index (κ1) is 20.7. The summed E-state index contributed by atoms with van der Waals surface area (Å²) >= 11 is 0. The molecule has 0 aromatic heterocycles. The van der Waals surface area contributed by atoms with E-state index in [9.17, 15) is 9.59 Å². The molecule has 1 heterocycles. The van der Waals surface area contributed by atoms with Gasteiger partial charge in [-0.2, -0.15) is 0 Å². The average Bonchev–Trinajstić information content (AvgIpc) is 3.15.